The zero-order chi connectivity index (χ0) is 20.5. The van der Waals surface area contributed by atoms with Crippen LogP contribution in [-0.2, 0) is 28.9 Å². The van der Waals surface area contributed by atoms with Gasteiger partial charge in [-0.15, -0.1) is 0 Å². The third-order valence-corrected chi connectivity index (χ3v) is 4.92. The average Bonchev–Trinajstić information content (AvgIpc) is 3.01. The maximum absolute atomic E-state index is 12.5. The lowest BCUT2D eigenvalue weighted by Gasteiger charge is -2.20. The van der Waals surface area contributed by atoms with E-state index in [9.17, 15) is 9.90 Å². The molecule has 0 aliphatic rings. The van der Waals surface area contributed by atoms with E-state index in [1.165, 1.54) is 5.56 Å². The largest absolute Gasteiger partial charge is 0.386 e. The fraction of sp³-hybridized carbons (Fsp3) is 0.391. The third kappa shape index (κ3) is 4.42. The molecule has 2 aromatic carbocycles. The Morgan fingerprint density at radius 1 is 1.07 bits per heavy atom. The van der Waals surface area contributed by atoms with E-state index in [1.807, 2.05) is 18.2 Å². The highest BCUT2D eigenvalue weighted by Crippen LogP contribution is 2.28. The molecule has 3 rings (SSSR count). The molecule has 0 fully saturated rings. The van der Waals surface area contributed by atoms with E-state index < -0.39 is 5.60 Å². The summed E-state index contributed by atoms with van der Waals surface area (Å²) in [7, 11) is 0. The summed E-state index contributed by atoms with van der Waals surface area (Å²) in [5.41, 5.74) is 3.75. The quantitative estimate of drug-likeness (QED) is 0.707. The van der Waals surface area contributed by atoms with Crippen LogP contribution in [0.3, 0.4) is 0 Å². The SMILES string of the molecule is CC(C)(C)c1ccc(CNC(=O)Cn2cnc3cccc(C(C)(C)O)c32)cc1. The Hall–Kier alpha value is -2.66. The van der Waals surface area contributed by atoms with E-state index in [4.69, 9.17) is 0 Å². The van der Waals surface area contributed by atoms with Crippen LogP contribution in [-0.4, -0.2) is 20.6 Å². The first-order chi connectivity index (χ1) is 13.1. The van der Waals surface area contributed by atoms with Crippen molar-refractivity contribution in [3.63, 3.8) is 0 Å². The second kappa shape index (κ2) is 7.40. The number of hydrogen-bond donors (Lipinski definition) is 2. The summed E-state index contributed by atoms with van der Waals surface area (Å²) in [6.07, 6.45) is 1.65. The molecule has 1 amide bonds. The van der Waals surface area contributed by atoms with Gasteiger partial charge in [-0.1, -0.05) is 57.2 Å². The summed E-state index contributed by atoms with van der Waals surface area (Å²) >= 11 is 0. The summed E-state index contributed by atoms with van der Waals surface area (Å²) in [5, 5.41) is 13.4. The van der Waals surface area contributed by atoms with Crippen LogP contribution in [0.5, 0.6) is 0 Å². The monoisotopic (exact) mass is 379 g/mol. The van der Waals surface area contributed by atoms with Crippen LogP contribution < -0.4 is 5.32 Å². The summed E-state index contributed by atoms with van der Waals surface area (Å²) in [6, 6.07) is 14.0. The van der Waals surface area contributed by atoms with E-state index in [2.05, 4.69) is 55.3 Å². The number of amides is 1. The van der Waals surface area contributed by atoms with Crippen molar-refractivity contribution in [2.24, 2.45) is 0 Å². The van der Waals surface area contributed by atoms with Gasteiger partial charge in [-0.25, -0.2) is 4.98 Å². The van der Waals surface area contributed by atoms with Crippen molar-refractivity contribution in [1.29, 1.82) is 0 Å². The number of carbonyl (C=O) groups excluding carboxylic acids is 1. The maximum Gasteiger partial charge on any atom is 0.240 e. The van der Waals surface area contributed by atoms with Crippen LogP contribution in [0.25, 0.3) is 11.0 Å². The minimum Gasteiger partial charge on any atom is -0.386 e. The van der Waals surface area contributed by atoms with Gasteiger partial charge in [-0.05, 0) is 36.5 Å². The average molecular weight is 380 g/mol. The zero-order valence-electron chi connectivity index (χ0n) is 17.3. The summed E-state index contributed by atoms with van der Waals surface area (Å²) < 4.78 is 1.79. The first-order valence-electron chi connectivity index (χ1n) is 9.58. The molecule has 0 aliphatic carbocycles. The van der Waals surface area contributed by atoms with Gasteiger partial charge in [-0.3, -0.25) is 4.79 Å². The molecule has 0 aliphatic heterocycles. The lowest BCUT2D eigenvalue weighted by molar-refractivity contribution is -0.121. The van der Waals surface area contributed by atoms with Crippen molar-refractivity contribution < 1.29 is 9.90 Å². The minimum absolute atomic E-state index is 0.0928. The number of aromatic nitrogens is 2. The van der Waals surface area contributed by atoms with Gasteiger partial charge in [0.2, 0.25) is 5.91 Å². The predicted octanol–water partition coefficient (Wildman–Crippen LogP) is 3.88. The predicted molar refractivity (Wildman–Crippen MR) is 112 cm³/mol. The smallest absolute Gasteiger partial charge is 0.240 e. The second-order valence-corrected chi connectivity index (χ2v) is 8.83. The van der Waals surface area contributed by atoms with Crippen LogP contribution in [0.4, 0.5) is 0 Å². The molecule has 28 heavy (non-hydrogen) atoms. The standard InChI is InChI=1S/C23H29N3O2/c1-22(2,3)17-11-9-16(10-12-17)13-24-20(27)14-26-15-25-19-8-6-7-18(21(19)26)23(4,5)28/h6-12,15,28H,13-14H2,1-5H3,(H,24,27). The summed E-state index contributed by atoms with van der Waals surface area (Å²) in [6.45, 7) is 10.7. The summed E-state index contributed by atoms with van der Waals surface area (Å²) in [5.74, 6) is -0.0928. The van der Waals surface area contributed by atoms with Crippen molar-refractivity contribution in [3.05, 3.63) is 65.5 Å². The first-order valence-corrected chi connectivity index (χ1v) is 9.58. The molecule has 5 heteroatoms. The molecule has 0 unspecified atom stereocenters. The number of para-hydroxylation sites is 1. The summed E-state index contributed by atoms with van der Waals surface area (Å²) in [4.78, 5) is 16.9. The minimum atomic E-state index is -1.01. The van der Waals surface area contributed by atoms with Crippen LogP contribution in [0, 0.1) is 0 Å². The number of rotatable bonds is 5. The molecular formula is C23H29N3O2. The molecule has 3 aromatic rings. The highest BCUT2D eigenvalue weighted by Gasteiger charge is 2.22. The number of carbonyl (C=O) groups is 1. The number of benzene rings is 2. The topological polar surface area (TPSA) is 67.2 Å². The van der Waals surface area contributed by atoms with Gasteiger partial charge in [0, 0.05) is 12.1 Å². The van der Waals surface area contributed by atoms with Gasteiger partial charge >= 0.3 is 0 Å². The highest BCUT2D eigenvalue weighted by molar-refractivity contribution is 5.83. The Balaban J connectivity index is 1.70. The molecule has 0 saturated carbocycles. The fourth-order valence-electron chi connectivity index (χ4n) is 3.27. The number of hydrogen-bond acceptors (Lipinski definition) is 3. The van der Waals surface area contributed by atoms with Gasteiger partial charge < -0.3 is 15.0 Å². The van der Waals surface area contributed by atoms with E-state index in [1.54, 1.807) is 24.7 Å². The Morgan fingerprint density at radius 2 is 1.75 bits per heavy atom. The zero-order valence-corrected chi connectivity index (χ0v) is 17.3. The van der Waals surface area contributed by atoms with Gasteiger partial charge in [0.05, 0.1) is 23.0 Å². The molecule has 0 spiro atoms. The van der Waals surface area contributed by atoms with Crippen molar-refractivity contribution in [3.8, 4) is 0 Å². The van der Waals surface area contributed by atoms with Crippen molar-refractivity contribution >= 4 is 16.9 Å². The van der Waals surface area contributed by atoms with Gasteiger partial charge in [0.15, 0.2) is 0 Å². The van der Waals surface area contributed by atoms with Crippen molar-refractivity contribution in [2.75, 3.05) is 0 Å². The molecule has 0 radical (unpaired) electrons. The fourth-order valence-corrected chi connectivity index (χ4v) is 3.27. The highest BCUT2D eigenvalue weighted by atomic mass is 16.3. The molecule has 5 nitrogen and oxygen atoms in total. The molecule has 0 bridgehead atoms. The van der Waals surface area contributed by atoms with E-state index in [0.29, 0.717) is 6.54 Å². The second-order valence-electron chi connectivity index (χ2n) is 8.83. The number of nitrogens with zero attached hydrogens (tertiary/aromatic N) is 2. The number of nitrogens with one attached hydrogen (secondary N) is 1. The Bertz CT molecular complexity index is 974. The lowest BCUT2D eigenvalue weighted by atomic mass is 9.87. The van der Waals surface area contributed by atoms with Crippen molar-refractivity contribution in [2.45, 2.75) is 58.7 Å². The van der Waals surface area contributed by atoms with Gasteiger partial charge in [0.1, 0.15) is 6.54 Å². The van der Waals surface area contributed by atoms with Crippen molar-refractivity contribution in [1.82, 2.24) is 14.9 Å². The van der Waals surface area contributed by atoms with Gasteiger partial charge in [-0.2, -0.15) is 0 Å². The lowest BCUT2D eigenvalue weighted by Crippen LogP contribution is -2.27. The molecule has 2 N–H and O–H groups in total. The first kappa shape index (κ1) is 20.1. The van der Waals surface area contributed by atoms with Crippen LogP contribution >= 0.6 is 0 Å². The van der Waals surface area contributed by atoms with Crippen LogP contribution in [0.2, 0.25) is 0 Å². The number of imidazole rings is 1. The van der Waals surface area contributed by atoms with E-state index >= 15 is 0 Å². The molecule has 1 heterocycles. The Morgan fingerprint density at radius 3 is 2.36 bits per heavy atom. The molecule has 0 atom stereocenters. The molecular weight excluding hydrogens is 350 g/mol. The molecule has 0 saturated heterocycles. The Kier molecular flexibility index (Phi) is 5.31. The van der Waals surface area contributed by atoms with E-state index in [0.717, 1.165) is 22.2 Å². The van der Waals surface area contributed by atoms with Gasteiger partial charge in [0.25, 0.3) is 0 Å². The van der Waals surface area contributed by atoms with E-state index in [-0.39, 0.29) is 17.9 Å². The normalized spacial score (nSPS) is 12.4. The number of aliphatic hydroxyl groups is 1. The number of fused-ring (bicyclic) bond motifs is 1. The molecule has 1 aromatic heterocycles. The van der Waals surface area contributed by atoms with Crippen LogP contribution in [0.15, 0.2) is 48.8 Å². The maximum atomic E-state index is 12.5. The molecule has 148 valence electrons. The Labute approximate surface area is 166 Å². The van der Waals surface area contributed by atoms with Crippen LogP contribution in [0.1, 0.15) is 51.3 Å². The third-order valence-electron chi connectivity index (χ3n) is 4.92.